The predicted octanol–water partition coefficient (Wildman–Crippen LogP) is 0.493. The molecule has 0 saturated heterocycles. The van der Waals surface area contributed by atoms with Gasteiger partial charge in [-0.3, -0.25) is 0 Å². The summed E-state index contributed by atoms with van der Waals surface area (Å²) in [6.07, 6.45) is 5.53. The molecular weight excluding hydrogens is 204 g/mol. The van der Waals surface area contributed by atoms with Crippen molar-refractivity contribution in [2.45, 2.75) is 38.1 Å². The molecule has 1 rings (SSSR count). The third-order valence-electron chi connectivity index (χ3n) is 3.49. The monoisotopic (exact) mass is 230 g/mol. The number of aliphatic hydroxyl groups excluding tert-OH is 1. The lowest BCUT2D eigenvalue weighted by atomic mass is 10.0. The number of rotatable bonds is 10. The van der Waals surface area contributed by atoms with Gasteiger partial charge in [0, 0.05) is 26.3 Å². The Balaban J connectivity index is 2.20. The van der Waals surface area contributed by atoms with Gasteiger partial charge in [0.15, 0.2) is 0 Å². The second-order valence-electron chi connectivity index (χ2n) is 4.94. The van der Waals surface area contributed by atoms with Crippen molar-refractivity contribution < 1.29 is 9.84 Å². The van der Waals surface area contributed by atoms with E-state index in [-0.39, 0.29) is 0 Å². The molecule has 1 aliphatic rings. The van der Waals surface area contributed by atoms with E-state index in [1.54, 1.807) is 7.11 Å². The Morgan fingerprint density at radius 1 is 1.50 bits per heavy atom. The van der Waals surface area contributed by atoms with Crippen molar-refractivity contribution in [1.82, 2.24) is 5.32 Å². The third-order valence-corrected chi connectivity index (χ3v) is 3.49. The minimum atomic E-state index is 0.305. The number of methoxy groups -OCH3 is 1. The summed E-state index contributed by atoms with van der Waals surface area (Å²) in [4.78, 5) is 0. The van der Waals surface area contributed by atoms with E-state index in [2.05, 4.69) is 5.32 Å². The largest absolute Gasteiger partial charge is 0.396 e. The molecule has 4 nitrogen and oxygen atoms in total. The molecule has 1 unspecified atom stereocenters. The van der Waals surface area contributed by atoms with E-state index in [1.807, 2.05) is 0 Å². The van der Waals surface area contributed by atoms with Crippen LogP contribution in [0.2, 0.25) is 0 Å². The van der Waals surface area contributed by atoms with Crippen LogP contribution in [0.4, 0.5) is 0 Å². The van der Waals surface area contributed by atoms with Crippen LogP contribution in [0, 0.1) is 5.41 Å². The van der Waals surface area contributed by atoms with Gasteiger partial charge in [-0.05, 0) is 44.1 Å². The second kappa shape index (κ2) is 7.22. The van der Waals surface area contributed by atoms with Crippen LogP contribution in [-0.4, -0.2) is 44.6 Å². The van der Waals surface area contributed by atoms with Crippen molar-refractivity contribution in [3.8, 4) is 0 Å². The highest BCUT2D eigenvalue weighted by atomic mass is 16.5. The van der Waals surface area contributed by atoms with Crippen LogP contribution in [0.25, 0.3) is 0 Å². The van der Waals surface area contributed by atoms with Crippen LogP contribution >= 0.6 is 0 Å². The smallest absolute Gasteiger partial charge is 0.0615 e. The highest BCUT2D eigenvalue weighted by Gasteiger charge is 2.41. The van der Waals surface area contributed by atoms with Gasteiger partial charge < -0.3 is 20.9 Å². The topological polar surface area (TPSA) is 67.5 Å². The number of nitrogens with one attached hydrogen (secondary N) is 1. The minimum Gasteiger partial charge on any atom is -0.396 e. The van der Waals surface area contributed by atoms with E-state index in [4.69, 9.17) is 15.6 Å². The van der Waals surface area contributed by atoms with E-state index >= 15 is 0 Å². The third kappa shape index (κ3) is 4.78. The van der Waals surface area contributed by atoms with Crippen molar-refractivity contribution in [2.24, 2.45) is 11.1 Å². The molecule has 1 aliphatic carbocycles. The number of aliphatic hydroxyl groups is 1. The number of hydrogen-bond acceptors (Lipinski definition) is 4. The van der Waals surface area contributed by atoms with Gasteiger partial charge in [-0.1, -0.05) is 0 Å². The fourth-order valence-corrected chi connectivity index (χ4v) is 2.10. The van der Waals surface area contributed by atoms with Gasteiger partial charge in [0.25, 0.3) is 0 Å². The van der Waals surface area contributed by atoms with Crippen LogP contribution in [0.1, 0.15) is 32.1 Å². The summed E-state index contributed by atoms with van der Waals surface area (Å²) in [5.41, 5.74) is 5.89. The zero-order valence-corrected chi connectivity index (χ0v) is 10.4. The minimum absolute atomic E-state index is 0.305. The molecule has 16 heavy (non-hydrogen) atoms. The molecule has 1 fully saturated rings. The molecule has 1 saturated carbocycles. The molecule has 0 amide bonds. The van der Waals surface area contributed by atoms with Gasteiger partial charge in [-0.15, -0.1) is 0 Å². The number of nitrogens with two attached hydrogens (primary N) is 1. The highest BCUT2D eigenvalue weighted by Crippen LogP contribution is 2.47. The summed E-state index contributed by atoms with van der Waals surface area (Å²) in [7, 11) is 1.73. The normalized spacial score (nSPS) is 19.7. The maximum Gasteiger partial charge on any atom is 0.0615 e. The first-order chi connectivity index (χ1) is 7.76. The van der Waals surface area contributed by atoms with Crippen LogP contribution in [0.15, 0.2) is 0 Å². The Hall–Kier alpha value is -0.160. The quantitative estimate of drug-likeness (QED) is 0.511. The van der Waals surface area contributed by atoms with Crippen LogP contribution in [0.3, 0.4) is 0 Å². The molecule has 0 aromatic carbocycles. The average molecular weight is 230 g/mol. The molecule has 0 aromatic heterocycles. The van der Waals surface area contributed by atoms with Gasteiger partial charge in [0.1, 0.15) is 0 Å². The maximum atomic E-state index is 8.98. The summed E-state index contributed by atoms with van der Waals surface area (Å²) in [6, 6.07) is 0.407. The molecule has 4 heteroatoms. The molecule has 0 aromatic rings. The number of ether oxygens (including phenoxy) is 1. The van der Waals surface area contributed by atoms with Gasteiger partial charge >= 0.3 is 0 Å². The Bertz CT molecular complexity index is 184. The Morgan fingerprint density at radius 3 is 2.75 bits per heavy atom. The first-order valence-corrected chi connectivity index (χ1v) is 6.29. The zero-order valence-electron chi connectivity index (χ0n) is 10.4. The van der Waals surface area contributed by atoms with E-state index in [9.17, 15) is 0 Å². The lowest BCUT2D eigenvalue weighted by Gasteiger charge is -2.21. The molecule has 96 valence electrons. The van der Waals surface area contributed by atoms with E-state index in [1.165, 1.54) is 12.8 Å². The van der Waals surface area contributed by atoms with E-state index in [0.29, 0.717) is 18.1 Å². The molecule has 4 N–H and O–H groups in total. The molecule has 0 heterocycles. The molecule has 0 aliphatic heterocycles. The zero-order chi connectivity index (χ0) is 11.9. The lowest BCUT2D eigenvalue weighted by Crippen LogP contribution is -2.38. The van der Waals surface area contributed by atoms with Gasteiger partial charge in [-0.25, -0.2) is 0 Å². The summed E-state index contributed by atoms with van der Waals surface area (Å²) >= 11 is 0. The average Bonchev–Trinajstić information content (AvgIpc) is 3.03. The molecule has 0 radical (unpaired) electrons. The Kier molecular flexibility index (Phi) is 6.28. The van der Waals surface area contributed by atoms with Crippen molar-refractivity contribution in [1.29, 1.82) is 0 Å². The standard InChI is InChI=1S/C12H26N2O2/c1-16-9-11(3-2-7-13)14-10-12(4-5-12)6-8-15/h11,14-15H,2-10,13H2,1H3. The van der Waals surface area contributed by atoms with Gasteiger partial charge in [0.05, 0.1) is 6.61 Å². The summed E-state index contributed by atoms with van der Waals surface area (Å²) in [5.74, 6) is 0. The first kappa shape index (κ1) is 13.9. The Labute approximate surface area is 98.5 Å². The highest BCUT2D eigenvalue weighted by molar-refractivity contribution is 4.95. The summed E-state index contributed by atoms with van der Waals surface area (Å²) < 4.78 is 5.19. The van der Waals surface area contributed by atoms with E-state index < -0.39 is 0 Å². The van der Waals surface area contributed by atoms with Crippen molar-refractivity contribution in [3.63, 3.8) is 0 Å². The van der Waals surface area contributed by atoms with Crippen molar-refractivity contribution in [3.05, 3.63) is 0 Å². The van der Waals surface area contributed by atoms with Crippen LogP contribution in [0.5, 0.6) is 0 Å². The fraction of sp³-hybridized carbons (Fsp3) is 1.00. The second-order valence-corrected chi connectivity index (χ2v) is 4.94. The molecule has 0 spiro atoms. The fourth-order valence-electron chi connectivity index (χ4n) is 2.10. The molecule has 1 atom stereocenters. The molecule has 0 bridgehead atoms. The van der Waals surface area contributed by atoms with E-state index in [0.717, 1.165) is 39.0 Å². The number of hydrogen-bond donors (Lipinski definition) is 3. The first-order valence-electron chi connectivity index (χ1n) is 6.29. The predicted molar refractivity (Wildman–Crippen MR) is 65.3 cm³/mol. The SMILES string of the molecule is COCC(CCCN)NCC1(CCO)CC1. The molecular formula is C12H26N2O2. The van der Waals surface area contributed by atoms with Gasteiger partial charge in [0.2, 0.25) is 0 Å². The van der Waals surface area contributed by atoms with Crippen LogP contribution < -0.4 is 11.1 Å². The lowest BCUT2D eigenvalue weighted by molar-refractivity contribution is 0.155. The summed E-state index contributed by atoms with van der Waals surface area (Å²) in [6.45, 7) is 2.80. The van der Waals surface area contributed by atoms with Crippen LogP contribution in [-0.2, 0) is 4.74 Å². The van der Waals surface area contributed by atoms with Gasteiger partial charge in [-0.2, -0.15) is 0 Å². The van der Waals surface area contributed by atoms with Crippen molar-refractivity contribution >= 4 is 0 Å². The Morgan fingerprint density at radius 2 is 2.25 bits per heavy atom. The van der Waals surface area contributed by atoms with Crippen molar-refractivity contribution in [2.75, 3.05) is 33.4 Å². The summed E-state index contributed by atoms with van der Waals surface area (Å²) in [5, 5.41) is 12.5. The maximum absolute atomic E-state index is 8.98.